The number of carbonyl (C=O) groups is 2. The van der Waals surface area contributed by atoms with Crippen LogP contribution in [-0.2, 0) is 6.54 Å². The minimum Gasteiger partial charge on any atom is -0.494 e. The van der Waals surface area contributed by atoms with E-state index in [0.717, 1.165) is 55.8 Å². The van der Waals surface area contributed by atoms with Gasteiger partial charge in [0.1, 0.15) is 11.6 Å². The fraction of sp³-hybridized carbons (Fsp3) is 0.310. The molecular formula is C29H32FN3O3. The van der Waals surface area contributed by atoms with Crippen LogP contribution < -0.4 is 20.3 Å². The van der Waals surface area contributed by atoms with Crippen molar-refractivity contribution >= 4 is 23.2 Å². The number of anilines is 2. The number of benzene rings is 3. The number of hydrogen-bond donors (Lipinski definition) is 2. The molecule has 0 radical (unpaired) electrons. The molecule has 188 valence electrons. The number of unbranched alkanes of at least 4 members (excludes halogenated alkanes) is 1. The molecule has 0 saturated carbocycles. The Morgan fingerprint density at radius 1 is 0.944 bits per heavy atom. The minimum atomic E-state index is -0.316. The maximum atomic E-state index is 13.2. The molecule has 1 aliphatic rings. The van der Waals surface area contributed by atoms with Gasteiger partial charge in [0, 0.05) is 36.6 Å². The first-order valence-corrected chi connectivity index (χ1v) is 12.5. The molecule has 0 bridgehead atoms. The Labute approximate surface area is 211 Å². The Morgan fingerprint density at radius 3 is 2.36 bits per heavy atom. The van der Waals surface area contributed by atoms with Crippen LogP contribution in [0.2, 0.25) is 0 Å². The van der Waals surface area contributed by atoms with Crippen LogP contribution in [0.15, 0.2) is 66.7 Å². The lowest BCUT2D eigenvalue weighted by molar-refractivity contribution is 0.0950. The van der Waals surface area contributed by atoms with Crippen LogP contribution in [0.3, 0.4) is 0 Å². The number of nitrogens with zero attached hydrogens (tertiary/aromatic N) is 1. The van der Waals surface area contributed by atoms with E-state index in [1.54, 1.807) is 42.5 Å². The fourth-order valence-corrected chi connectivity index (χ4v) is 4.15. The molecular weight excluding hydrogens is 457 g/mol. The number of hydrogen-bond acceptors (Lipinski definition) is 4. The van der Waals surface area contributed by atoms with Crippen molar-refractivity contribution in [3.8, 4) is 5.75 Å². The molecule has 0 spiro atoms. The maximum absolute atomic E-state index is 13.2. The van der Waals surface area contributed by atoms with E-state index in [4.69, 9.17) is 4.74 Å². The number of nitrogens with one attached hydrogen (secondary N) is 2. The van der Waals surface area contributed by atoms with Crippen LogP contribution in [0.4, 0.5) is 15.8 Å². The Kier molecular flexibility index (Phi) is 8.55. The molecule has 2 N–H and O–H groups in total. The number of carbonyl (C=O) groups excluding carboxylic acids is 2. The van der Waals surface area contributed by atoms with E-state index < -0.39 is 0 Å². The first-order chi connectivity index (χ1) is 17.5. The predicted octanol–water partition coefficient (Wildman–Crippen LogP) is 5.79. The summed E-state index contributed by atoms with van der Waals surface area (Å²) in [5.74, 6) is -0.0915. The second-order valence-electron chi connectivity index (χ2n) is 8.92. The first kappa shape index (κ1) is 25.2. The Hall–Kier alpha value is -3.87. The monoisotopic (exact) mass is 489 g/mol. The van der Waals surface area contributed by atoms with Crippen molar-refractivity contribution in [3.63, 3.8) is 0 Å². The Morgan fingerprint density at radius 2 is 1.67 bits per heavy atom. The Balaban J connectivity index is 1.47. The highest BCUT2D eigenvalue weighted by atomic mass is 19.1. The van der Waals surface area contributed by atoms with Crippen LogP contribution >= 0.6 is 0 Å². The van der Waals surface area contributed by atoms with Gasteiger partial charge in [-0.1, -0.05) is 25.5 Å². The third-order valence-corrected chi connectivity index (χ3v) is 6.20. The van der Waals surface area contributed by atoms with Gasteiger partial charge >= 0.3 is 0 Å². The lowest BCUT2D eigenvalue weighted by Crippen LogP contribution is -2.27. The zero-order chi connectivity index (χ0) is 25.3. The van der Waals surface area contributed by atoms with Crippen LogP contribution in [0.25, 0.3) is 0 Å². The molecule has 7 heteroatoms. The summed E-state index contributed by atoms with van der Waals surface area (Å²) >= 11 is 0. The Bertz CT molecular complexity index is 1170. The summed E-state index contributed by atoms with van der Waals surface area (Å²) in [5, 5.41) is 5.83. The van der Waals surface area contributed by atoms with Gasteiger partial charge in [-0.2, -0.15) is 0 Å². The van der Waals surface area contributed by atoms with E-state index in [1.165, 1.54) is 12.1 Å². The summed E-state index contributed by atoms with van der Waals surface area (Å²) < 4.78 is 18.9. The van der Waals surface area contributed by atoms with Crippen LogP contribution in [0.1, 0.15) is 58.9 Å². The number of rotatable bonds is 10. The fourth-order valence-electron chi connectivity index (χ4n) is 4.15. The van der Waals surface area contributed by atoms with Gasteiger partial charge in [-0.05, 0) is 79.4 Å². The second kappa shape index (κ2) is 12.2. The van der Waals surface area contributed by atoms with Gasteiger partial charge in [-0.15, -0.1) is 0 Å². The lowest BCUT2D eigenvalue weighted by atomic mass is 10.1. The van der Waals surface area contributed by atoms with Crippen molar-refractivity contribution < 1.29 is 18.7 Å². The molecule has 6 nitrogen and oxygen atoms in total. The zero-order valence-electron chi connectivity index (χ0n) is 20.6. The van der Waals surface area contributed by atoms with Gasteiger partial charge in [-0.3, -0.25) is 9.59 Å². The summed E-state index contributed by atoms with van der Waals surface area (Å²) in [4.78, 5) is 28.2. The molecule has 4 rings (SSSR count). The van der Waals surface area contributed by atoms with Gasteiger partial charge in [0.2, 0.25) is 0 Å². The topological polar surface area (TPSA) is 70.7 Å². The van der Waals surface area contributed by atoms with Gasteiger partial charge in [0.05, 0.1) is 12.2 Å². The highest BCUT2D eigenvalue weighted by Gasteiger charge is 2.21. The average Bonchev–Trinajstić information content (AvgIpc) is 3.43. The standard InChI is InChI=1S/C29H32FN3O3/c1-2-3-18-36-25-13-8-22(9-14-25)28(34)32-24-12-15-27(33-16-4-5-17-33)26(19-24)29(35)31-20-21-6-10-23(30)11-7-21/h6-15,19H,2-5,16-18,20H2,1H3,(H,31,35)(H,32,34). The van der Waals surface area contributed by atoms with Gasteiger partial charge < -0.3 is 20.3 Å². The van der Waals surface area contributed by atoms with E-state index in [2.05, 4.69) is 22.5 Å². The van der Waals surface area contributed by atoms with Crippen molar-refractivity contribution in [2.45, 2.75) is 39.2 Å². The minimum absolute atomic E-state index is 0.245. The molecule has 3 aromatic rings. The third kappa shape index (κ3) is 6.62. The molecule has 0 unspecified atom stereocenters. The molecule has 1 heterocycles. The molecule has 2 amide bonds. The maximum Gasteiger partial charge on any atom is 0.255 e. The van der Waals surface area contributed by atoms with Gasteiger partial charge in [-0.25, -0.2) is 4.39 Å². The van der Waals surface area contributed by atoms with Crippen LogP contribution in [-0.4, -0.2) is 31.5 Å². The van der Waals surface area contributed by atoms with Gasteiger partial charge in [0.15, 0.2) is 0 Å². The molecule has 1 fully saturated rings. The highest BCUT2D eigenvalue weighted by molar-refractivity contribution is 6.06. The van der Waals surface area contributed by atoms with Crippen LogP contribution in [0.5, 0.6) is 5.75 Å². The van der Waals surface area contributed by atoms with E-state index >= 15 is 0 Å². The molecule has 0 aromatic heterocycles. The summed E-state index contributed by atoms with van der Waals surface area (Å²) in [5.41, 5.74) is 3.19. The van der Waals surface area contributed by atoms with E-state index in [9.17, 15) is 14.0 Å². The normalized spacial score (nSPS) is 12.9. The summed E-state index contributed by atoms with van der Waals surface area (Å²) in [7, 11) is 0. The summed E-state index contributed by atoms with van der Waals surface area (Å²) in [6, 6.07) is 18.5. The van der Waals surface area contributed by atoms with Crippen molar-refractivity contribution in [2.24, 2.45) is 0 Å². The molecule has 1 saturated heterocycles. The van der Waals surface area contributed by atoms with E-state index in [-0.39, 0.29) is 24.2 Å². The number of ether oxygens (including phenoxy) is 1. The molecule has 36 heavy (non-hydrogen) atoms. The molecule has 1 aliphatic heterocycles. The summed E-state index contributed by atoms with van der Waals surface area (Å²) in [6.45, 7) is 4.81. The SMILES string of the molecule is CCCCOc1ccc(C(=O)Nc2ccc(N3CCCC3)c(C(=O)NCc3ccc(F)cc3)c2)cc1. The van der Waals surface area contributed by atoms with Crippen molar-refractivity contribution in [1.29, 1.82) is 0 Å². The number of halogens is 1. The molecule has 3 aromatic carbocycles. The van der Waals surface area contributed by atoms with E-state index in [0.29, 0.717) is 23.4 Å². The predicted molar refractivity (Wildman–Crippen MR) is 140 cm³/mol. The largest absolute Gasteiger partial charge is 0.494 e. The second-order valence-corrected chi connectivity index (χ2v) is 8.92. The zero-order valence-corrected chi connectivity index (χ0v) is 20.6. The molecule has 0 aliphatic carbocycles. The van der Waals surface area contributed by atoms with E-state index in [1.807, 2.05) is 12.1 Å². The summed E-state index contributed by atoms with van der Waals surface area (Å²) in [6.07, 6.45) is 4.19. The smallest absolute Gasteiger partial charge is 0.255 e. The highest BCUT2D eigenvalue weighted by Crippen LogP contribution is 2.28. The number of amides is 2. The molecule has 0 atom stereocenters. The quantitative estimate of drug-likeness (QED) is 0.354. The lowest BCUT2D eigenvalue weighted by Gasteiger charge is -2.22. The van der Waals surface area contributed by atoms with Crippen molar-refractivity contribution in [3.05, 3.63) is 89.2 Å². The van der Waals surface area contributed by atoms with Crippen LogP contribution in [0, 0.1) is 5.82 Å². The van der Waals surface area contributed by atoms with Crippen molar-refractivity contribution in [2.75, 3.05) is 29.9 Å². The third-order valence-electron chi connectivity index (χ3n) is 6.20. The average molecular weight is 490 g/mol. The van der Waals surface area contributed by atoms with Crippen molar-refractivity contribution in [1.82, 2.24) is 5.32 Å². The first-order valence-electron chi connectivity index (χ1n) is 12.5. The van der Waals surface area contributed by atoms with Gasteiger partial charge in [0.25, 0.3) is 11.8 Å².